The second-order valence-corrected chi connectivity index (χ2v) is 10.4. The Kier molecular flexibility index (Phi) is 7.79. The van der Waals surface area contributed by atoms with Crippen LogP contribution in [-0.2, 0) is 12.8 Å². The van der Waals surface area contributed by atoms with Gasteiger partial charge in [0.05, 0.1) is 11.4 Å². The Balaban J connectivity index is 1.50. The van der Waals surface area contributed by atoms with Gasteiger partial charge in [-0.1, -0.05) is 72.8 Å². The standard InChI is InChI=1S/C36H36N2O2/c1-23-17-19-29(35(25(23)3)39-33-15-9-7-13-31(33)37)21-27-11-5-6-12-28(27)22-30-20-18-24(2)26(4)36(30)40-34-16-10-8-14-32(34)38/h5-20H,21-22,37-38H2,1-4H3. The lowest BCUT2D eigenvalue weighted by molar-refractivity contribution is 0.474. The Morgan fingerprint density at radius 1 is 0.450 bits per heavy atom. The highest BCUT2D eigenvalue weighted by molar-refractivity contribution is 5.58. The van der Waals surface area contributed by atoms with Crippen LogP contribution in [0.2, 0.25) is 0 Å². The molecule has 4 nitrogen and oxygen atoms in total. The second-order valence-electron chi connectivity index (χ2n) is 10.4. The molecule has 0 atom stereocenters. The Bertz CT molecular complexity index is 1550. The van der Waals surface area contributed by atoms with Gasteiger partial charge in [0.15, 0.2) is 0 Å². The van der Waals surface area contributed by atoms with E-state index in [-0.39, 0.29) is 0 Å². The maximum absolute atomic E-state index is 6.45. The van der Waals surface area contributed by atoms with Gasteiger partial charge >= 0.3 is 0 Å². The van der Waals surface area contributed by atoms with E-state index >= 15 is 0 Å². The molecule has 0 spiro atoms. The molecule has 5 rings (SSSR count). The third-order valence-corrected chi connectivity index (χ3v) is 7.66. The van der Waals surface area contributed by atoms with E-state index < -0.39 is 0 Å². The summed E-state index contributed by atoms with van der Waals surface area (Å²) in [7, 11) is 0. The van der Waals surface area contributed by atoms with Crippen molar-refractivity contribution in [2.75, 3.05) is 11.5 Å². The largest absolute Gasteiger partial charge is 0.455 e. The van der Waals surface area contributed by atoms with Crippen LogP contribution >= 0.6 is 0 Å². The number of hydrogen-bond donors (Lipinski definition) is 2. The van der Waals surface area contributed by atoms with E-state index in [4.69, 9.17) is 20.9 Å². The van der Waals surface area contributed by atoms with Crippen LogP contribution in [0.25, 0.3) is 0 Å². The average molecular weight is 529 g/mol. The molecule has 4 N–H and O–H groups in total. The van der Waals surface area contributed by atoms with Crippen molar-refractivity contribution in [1.29, 1.82) is 0 Å². The maximum atomic E-state index is 6.45. The Labute approximate surface area is 237 Å². The molecule has 0 aliphatic rings. The zero-order valence-electron chi connectivity index (χ0n) is 23.6. The van der Waals surface area contributed by atoms with Gasteiger partial charge in [0.1, 0.15) is 23.0 Å². The lowest BCUT2D eigenvalue weighted by Gasteiger charge is -2.19. The summed E-state index contributed by atoms with van der Waals surface area (Å²) in [6.45, 7) is 8.42. The fourth-order valence-corrected chi connectivity index (χ4v) is 4.93. The Morgan fingerprint density at radius 2 is 0.825 bits per heavy atom. The van der Waals surface area contributed by atoms with Crippen LogP contribution in [0.1, 0.15) is 44.5 Å². The second kappa shape index (κ2) is 11.6. The number of para-hydroxylation sites is 4. The molecule has 40 heavy (non-hydrogen) atoms. The minimum absolute atomic E-state index is 0.621. The fraction of sp³-hybridized carbons (Fsp3) is 0.167. The summed E-state index contributed by atoms with van der Waals surface area (Å²) in [6, 6.07) is 32.5. The lowest BCUT2D eigenvalue weighted by atomic mass is 9.92. The summed E-state index contributed by atoms with van der Waals surface area (Å²) in [5, 5.41) is 0. The van der Waals surface area contributed by atoms with E-state index in [1.807, 2.05) is 48.5 Å². The topological polar surface area (TPSA) is 70.5 Å². The van der Waals surface area contributed by atoms with Gasteiger partial charge in [-0.3, -0.25) is 0 Å². The quantitative estimate of drug-likeness (QED) is 0.197. The van der Waals surface area contributed by atoms with E-state index in [2.05, 4.69) is 76.2 Å². The van der Waals surface area contributed by atoms with Gasteiger partial charge < -0.3 is 20.9 Å². The zero-order chi connectivity index (χ0) is 28.2. The van der Waals surface area contributed by atoms with Crippen molar-refractivity contribution in [1.82, 2.24) is 0 Å². The van der Waals surface area contributed by atoms with Crippen LogP contribution in [0.3, 0.4) is 0 Å². The molecule has 4 heteroatoms. The summed E-state index contributed by atoms with van der Waals surface area (Å²) in [5.41, 5.74) is 23.0. The van der Waals surface area contributed by atoms with E-state index in [0.717, 1.165) is 46.6 Å². The molecule has 0 saturated heterocycles. The van der Waals surface area contributed by atoms with Gasteiger partial charge in [-0.15, -0.1) is 0 Å². The van der Waals surface area contributed by atoms with Crippen molar-refractivity contribution in [3.05, 3.63) is 142 Å². The third kappa shape index (κ3) is 5.67. The molecule has 0 radical (unpaired) electrons. The first-order valence-electron chi connectivity index (χ1n) is 13.6. The maximum Gasteiger partial charge on any atom is 0.150 e. The number of anilines is 2. The summed E-state index contributed by atoms with van der Waals surface area (Å²) in [4.78, 5) is 0. The van der Waals surface area contributed by atoms with Crippen LogP contribution in [0.4, 0.5) is 11.4 Å². The first-order valence-corrected chi connectivity index (χ1v) is 13.6. The highest BCUT2D eigenvalue weighted by atomic mass is 16.5. The molecule has 0 amide bonds. The molecule has 5 aromatic rings. The van der Waals surface area contributed by atoms with Gasteiger partial charge in [0, 0.05) is 12.8 Å². The monoisotopic (exact) mass is 528 g/mol. The molecule has 0 aromatic heterocycles. The van der Waals surface area contributed by atoms with Crippen molar-refractivity contribution < 1.29 is 9.47 Å². The van der Waals surface area contributed by atoms with Crippen molar-refractivity contribution in [2.24, 2.45) is 0 Å². The number of hydrogen-bond acceptors (Lipinski definition) is 4. The molecule has 0 aliphatic heterocycles. The van der Waals surface area contributed by atoms with Crippen LogP contribution < -0.4 is 20.9 Å². The smallest absolute Gasteiger partial charge is 0.150 e. The van der Waals surface area contributed by atoms with Crippen LogP contribution in [0.15, 0.2) is 97.1 Å². The van der Waals surface area contributed by atoms with Crippen molar-refractivity contribution in [3.8, 4) is 23.0 Å². The van der Waals surface area contributed by atoms with Gasteiger partial charge in [-0.05, 0) is 96.5 Å². The number of ether oxygens (including phenoxy) is 2. The van der Waals surface area contributed by atoms with E-state index in [9.17, 15) is 0 Å². The highest BCUT2D eigenvalue weighted by Crippen LogP contribution is 2.37. The van der Waals surface area contributed by atoms with E-state index in [1.54, 1.807) is 0 Å². The van der Waals surface area contributed by atoms with E-state index in [0.29, 0.717) is 22.9 Å². The molecule has 202 valence electrons. The van der Waals surface area contributed by atoms with Crippen molar-refractivity contribution in [3.63, 3.8) is 0 Å². The number of aryl methyl sites for hydroxylation is 2. The molecule has 0 bridgehead atoms. The number of nitrogens with two attached hydrogens (primary N) is 2. The number of nitrogen functional groups attached to an aromatic ring is 2. The minimum atomic E-state index is 0.621. The van der Waals surface area contributed by atoms with Gasteiger partial charge in [0.2, 0.25) is 0 Å². The SMILES string of the molecule is Cc1ccc(Cc2ccccc2Cc2ccc(C)c(C)c2Oc2ccccc2N)c(Oc2ccccc2N)c1C. The third-order valence-electron chi connectivity index (χ3n) is 7.66. The first-order chi connectivity index (χ1) is 19.3. The molecule has 0 unspecified atom stereocenters. The number of benzene rings is 5. The summed E-state index contributed by atoms with van der Waals surface area (Å²) >= 11 is 0. The molecular formula is C36H36N2O2. The summed E-state index contributed by atoms with van der Waals surface area (Å²) in [6.07, 6.45) is 1.46. The molecule has 0 saturated carbocycles. The van der Waals surface area contributed by atoms with Gasteiger partial charge in [-0.25, -0.2) is 0 Å². The van der Waals surface area contributed by atoms with Crippen LogP contribution in [-0.4, -0.2) is 0 Å². The number of rotatable bonds is 8. The lowest BCUT2D eigenvalue weighted by Crippen LogP contribution is -2.03. The normalized spacial score (nSPS) is 10.9. The van der Waals surface area contributed by atoms with Gasteiger partial charge in [-0.2, -0.15) is 0 Å². The van der Waals surface area contributed by atoms with Crippen LogP contribution in [0, 0.1) is 27.7 Å². The Hall–Kier alpha value is -4.70. The van der Waals surface area contributed by atoms with Gasteiger partial charge in [0.25, 0.3) is 0 Å². The van der Waals surface area contributed by atoms with Crippen molar-refractivity contribution >= 4 is 11.4 Å². The predicted octanol–water partition coefficient (Wildman–Crippen LogP) is 8.85. The van der Waals surface area contributed by atoms with Crippen LogP contribution in [0.5, 0.6) is 23.0 Å². The highest BCUT2D eigenvalue weighted by Gasteiger charge is 2.17. The first kappa shape index (κ1) is 26.9. The molecule has 0 fully saturated rings. The minimum Gasteiger partial charge on any atom is -0.455 e. The average Bonchev–Trinajstić information content (AvgIpc) is 2.95. The Morgan fingerprint density at radius 3 is 1.23 bits per heavy atom. The fourth-order valence-electron chi connectivity index (χ4n) is 4.93. The summed E-state index contributed by atoms with van der Waals surface area (Å²) < 4.78 is 12.9. The predicted molar refractivity (Wildman–Crippen MR) is 166 cm³/mol. The van der Waals surface area contributed by atoms with Crippen molar-refractivity contribution in [2.45, 2.75) is 40.5 Å². The van der Waals surface area contributed by atoms with E-state index in [1.165, 1.54) is 22.3 Å². The molecular weight excluding hydrogens is 492 g/mol. The summed E-state index contributed by atoms with van der Waals surface area (Å²) in [5.74, 6) is 3.07. The molecule has 0 heterocycles. The zero-order valence-corrected chi connectivity index (χ0v) is 23.6. The molecule has 5 aromatic carbocycles. The molecule has 0 aliphatic carbocycles.